The molecule has 3 rings (SSSR count). The number of carboxylic acids is 1. The van der Waals surface area contributed by atoms with Gasteiger partial charge in [-0.1, -0.05) is 0 Å². The zero-order valence-electron chi connectivity index (χ0n) is 14.2. The van der Waals surface area contributed by atoms with Gasteiger partial charge in [-0.2, -0.15) is 13.2 Å². The first kappa shape index (κ1) is 21.0. The number of alkyl halides is 3. The van der Waals surface area contributed by atoms with Gasteiger partial charge < -0.3 is 9.90 Å². The number of allylic oxidation sites excluding steroid dienone is 2. The van der Waals surface area contributed by atoms with Gasteiger partial charge in [-0.25, -0.2) is 0 Å². The zero-order chi connectivity index (χ0) is 19.9. The van der Waals surface area contributed by atoms with E-state index in [0.29, 0.717) is 0 Å². The summed E-state index contributed by atoms with van der Waals surface area (Å²) in [5, 5.41) is 8.78. The van der Waals surface area contributed by atoms with Gasteiger partial charge in [0, 0.05) is 0 Å². The Morgan fingerprint density at radius 3 is 2.22 bits per heavy atom. The molecule has 4 nitrogen and oxygen atoms in total. The number of aliphatic carboxylic acids is 1. The third-order valence-electron chi connectivity index (χ3n) is 3.39. The summed E-state index contributed by atoms with van der Waals surface area (Å²) < 4.78 is 42.9. The molecule has 1 N–H and O–H groups in total. The van der Waals surface area contributed by atoms with Gasteiger partial charge in [-0.3, -0.25) is 0 Å². The van der Waals surface area contributed by atoms with Crippen molar-refractivity contribution < 1.29 is 30.9 Å². The van der Waals surface area contributed by atoms with Gasteiger partial charge in [0.25, 0.3) is 0 Å². The Bertz CT molecular complexity index is 828. The molecule has 2 aromatic carbocycles. The second-order valence-corrected chi connectivity index (χ2v) is 7.66. The van der Waals surface area contributed by atoms with Gasteiger partial charge >= 0.3 is 135 Å². The first-order chi connectivity index (χ1) is 12.8. The first-order valence-electron chi connectivity index (χ1n) is 7.71. The molecule has 27 heavy (non-hydrogen) atoms. The van der Waals surface area contributed by atoms with Crippen LogP contribution in [0, 0.1) is 0 Å². The Morgan fingerprint density at radius 2 is 1.70 bits per heavy atom. The van der Waals surface area contributed by atoms with Gasteiger partial charge in [-0.15, -0.1) is 0 Å². The van der Waals surface area contributed by atoms with Crippen molar-refractivity contribution in [3.8, 4) is 5.75 Å². The van der Waals surface area contributed by atoms with E-state index in [1.54, 1.807) is 7.11 Å². The van der Waals surface area contributed by atoms with E-state index in [-0.39, 0.29) is 0 Å². The predicted octanol–water partition coefficient (Wildman–Crippen LogP) is 1.80. The average Bonchev–Trinajstić information content (AvgIpc) is 3.11. The summed E-state index contributed by atoms with van der Waals surface area (Å²) in [5.74, 6) is -0.902. The van der Waals surface area contributed by atoms with Gasteiger partial charge in [0.05, 0.1) is 0 Å². The van der Waals surface area contributed by atoms with Gasteiger partial charge in [0.15, 0.2) is 0 Å². The number of rotatable bonds is 4. The van der Waals surface area contributed by atoms with Crippen LogP contribution in [0.25, 0.3) is 0 Å². The molecule has 0 atom stereocenters. The summed E-state index contributed by atoms with van der Waals surface area (Å²) >= 11 is -0.410. The molecule has 0 amide bonds. The zero-order valence-corrected chi connectivity index (χ0v) is 16.5. The van der Waals surface area contributed by atoms with Crippen LogP contribution in [0.1, 0.15) is 11.1 Å². The molecule has 0 bridgehead atoms. The third-order valence-corrected chi connectivity index (χ3v) is 5.89. The van der Waals surface area contributed by atoms with E-state index in [0.717, 1.165) is 12.2 Å². The average molecular weight is 493 g/mol. The Labute approximate surface area is 164 Å². The largest absolute Gasteiger partial charge is 0.542 e. The van der Waals surface area contributed by atoms with Crippen molar-refractivity contribution in [2.45, 2.75) is 12.6 Å². The van der Waals surface area contributed by atoms with Crippen LogP contribution < -0.4 is 9.84 Å². The summed E-state index contributed by atoms with van der Waals surface area (Å²) in [5.41, 5.74) is 2.60. The topological polar surface area (TPSA) is 62.2 Å². The number of benzene rings is 2. The Kier molecular flexibility index (Phi) is 7.45. The standard InChI is InChI=1S/C17H16O2Te.C2HF3O2/c1-18-15-9-7-13(8-10-15)11-16-12-17(20-19-16)14-5-3-2-4-6-14;3-2(4,5)1(6)7/h2-10,12,19H,11H2,1H3;(H,6,7)/q+1;/p-1. The molecule has 1 aliphatic heterocycles. The van der Waals surface area contributed by atoms with E-state index in [9.17, 15) is 13.2 Å². The minimum Gasteiger partial charge on any atom is -0.542 e. The third kappa shape index (κ3) is 6.74. The van der Waals surface area contributed by atoms with Crippen LogP contribution in [-0.4, -0.2) is 46.8 Å². The van der Waals surface area contributed by atoms with Crippen LogP contribution in [0.2, 0.25) is 0 Å². The van der Waals surface area contributed by atoms with Gasteiger partial charge in [-0.05, 0) is 0 Å². The number of carbonyl (C=O) groups excluding carboxylic acids is 1. The molecule has 0 saturated carbocycles. The monoisotopic (exact) mass is 495 g/mol. The second-order valence-electron chi connectivity index (χ2n) is 5.36. The van der Waals surface area contributed by atoms with E-state index in [2.05, 4.69) is 48.5 Å². The molecule has 0 aliphatic carbocycles. The Morgan fingerprint density at radius 1 is 1.11 bits per heavy atom. The van der Waals surface area contributed by atoms with Gasteiger partial charge in [0.2, 0.25) is 0 Å². The Hall–Kier alpha value is -2.30. The summed E-state index contributed by atoms with van der Waals surface area (Å²) in [6.07, 6.45) is -2.02. The van der Waals surface area contributed by atoms with Crippen LogP contribution in [0.5, 0.6) is 5.75 Å². The fourth-order valence-corrected chi connectivity index (χ4v) is 4.26. The van der Waals surface area contributed by atoms with Crippen molar-refractivity contribution in [1.29, 1.82) is 0 Å². The van der Waals surface area contributed by atoms with Crippen molar-refractivity contribution in [3.05, 3.63) is 77.6 Å². The smallest absolute Gasteiger partial charge is 0.430 e. The van der Waals surface area contributed by atoms with Crippen molar-refractivity contribution in [2.75, 3.05) is 7.11 Å². The molecule has 143 valence electrons. The molecule has 0 spiro atoms. The molecule has 1 radical (unpaired) electrons. The SMILES string of the molecule is COc1ccc(CC2=CC(c3ccccc3)=[Te][OH+]2)cc1.O=C([O-])C(F)(F)F. The molecule has 1 aliphatic rings. The molecule has 0 aromatic heterocycles. The van der Waals surface area contributed by atoms with Crippen LogP contribution in [0.15, 0.2) is 66.4 Å². The maximum absolute atomic E-state index is 10.5. The normalized spacial score (nSPS) is 12.9. The molecule has 1 heterocycles. The predicted molar refractivity (Wildman–Crippen MR) is 94.4 cm³/mol. The molecule has 2 aromatic rings. The molecule has 8 heteroatoms. The number of carbonyl (C=O) groups is 1. The fourth-order valence-electron chi connectivity index (χ4n) is 2.09. The van der Waals surface area contributed by atoms with E-state index in [1.807, 2.05) is 12.1 Å². The van der Waals surface area contributed by atoms with E-state index in [1.165, 1.54) is 20.4 Å². The number of carboxylic acid groups (broad SMARTS) is 1. The van der Waals surface area contributed by atoms with E-state index in [4.69, 9.17) is 17.7 Å². The Balaban J connectivity index is 0.000000321. The maximum Gasteiger partial charge on any atom is 0.430 e. The van der Waals surface area contributed by atoms with Crippen molar-refractivity contribution in [1.82, 2.24) is 0 Å². The fraction of sp³-hybridized carbons (Fsp3) is 0.158. The second kappa shape index (κ2) is 9.58. The maximum atomic E-state index is 10.5. The number of ether oxygens (including phenoxy) is 1. The first-order valence-corrected chi connectivity index (χ1v) is 9.92. The number of aliphatic hydroxyl groups is 1. The summed E-state index contributed by atoms with van der Waals surface area (Å²) in [7, 11) is 1.69. The van der Waals surface area contributed by atoms with Crippen LogP contribution in [0.3, 0.4) is 0 Å². The van der Waals surface area contributed by atoms with E-state index >= 15 is 0 Å². The van der Waals surface area contributed by atoms with Crippen LogP contribution in [0.4, 0.5) is 13.2 Å². The number of halogens is 3. The molecule has 0 unspecified atom stereocenters. The summed E-state index contributed by atoms with van der Waals surface area (Å²) in [6, 6.07) is 18.8. The molecule has 0 saturated heterocycles. The number of hydrogen-bond acceptors (Lipinski definition) is 3. The van der Waals surface area contributed by atoms with Crippen molar-refractivity contribution in [2.24, 2.45) is 0 Å². The minimum atomic E-state index is -5.19. The molecular formula is C19H16F3O4Te. The molecule has 0 fully saturated rings. The quantitative estimate of drug-likeness (QED) is 0.483. The molecular weight excluding hydrogens is 477 g/mol. The summed E-state index contributed by atoms with van der Waals surface area (Å²) in [6.45, 7) is 0. The summed E-state index contributed by atoms with van der Waals surface area (Å²) in [4.78, 5) is 8.78. The van der Waals surface area contributed by atoms with E-state index < -0.39 is 33.0 Å². The number of methoxy groups -OCH3 is 1. The number of hydrogen-bond donors (Lipinski definition) is 0. The van der Waals surface area contributed by atoms with Crippen molar-refractivity contribution in [3.63, 3.8) is 0 Å². The minimum absolute atomic E-state index is 0.410. The van der Waals surface area contributed by atoms with Crippen molar-refractivity contribution >= 4 is 30.4 Å². The van der Waals surface area contributed by atoms with Crippen LogP contribution in [-0.2, 0) is 11.2 Å². The van der Waals surface area contributed by atoms with Crippen LogP contribution >= 0.6 is 0 Å². The van der Waals surface area contributed by atoms with Gasteiger partial charge in [0.1, 0.15) is 5.97 Å².